The van der Waals surface area contributed by atoms with Crippen LogP contribution in [0.2, 0.25) is 0 Å². The molecule has 0 atom stereocenters. The summed E-state index contributed by atoms with van der Waals surface area (Å²) in [6.45, 7) is 14.0. The van der Waals surface area contributed by atoms with Gasteiger partial charge >= 0.3 is 0 Å². The van der Waals surface area contributed by atoms with E-state index in [4.69, 9.17) is 0 Å². The van der Waals surface area contributed by atoms with Crippen molar-refractivity contribution in [1.29, 1.82) is 0 Å². The van der Waals surface area contributed by atoms with E-state index in [0.29, 0.717) is 17.8 Å². The summed E-state index contributed by atoms with van der Waals surface area (Å²) in [7, 11) is 0. The zero-order valence-electron chi connectivity index (χ0n) is 13.6. The molecule has 0 spiro atoms. The fourth-order valence-corrected chi connectivity index (χ4v) is 2.39. The summed E-state index contributed by atoms with van der Waals surface area (Å²) < 4.78 is 0. The van der Waals surface area contributed by atoms with Crippen molar-refractivity contribution >= 4 is 5.82 Å². The van der Waals surface area contributed by atoms with Crippen LogP contribution in [0, 0.1) is 17.8 Å². The highest BCUT2D eigenvalue weighted by molar-refractivity contribution is 5.31. The molecule has 20 heavy (non-hydrogen) atoms. The smallest absolute Gasteiger partial charge is 0.144 e. The van der Waals surface area contributed by atoms with Gasteiger partial charge in [-0.2, -0.15) is 0 Å². The van der Waals surface area contributed by atoms with Crippen LogP contribution in [-0.4, -0.2) is 23.1 Å². The van der Waals surface area contributed by atoms with Gasteiger partial charge in [0, 0.05) is 13.1 Å². The molecule has 4 nitrogen and oxygen atoms in total. The Balaban J connectivity index is 2.44. The maximum atomic E-state index is 4.43. The Bertz CT molecular complexity index is 351. The van der Waals surface area contributed by atoms with E-state index in [9.17, 15) is 0 Å². The molecule has 0 aliphatic carbocycles. The summed E-state index contributed by atoms with van der Waals surface area (Å²) in [6.07, 6.45) is 4.82. The van der Waals surface area contributed by atoms with E-state index >= 15 is 0 Å². The molecule has 1 aromatic rings. The van der Waals surface area contributed by atoms with Crippen LogP contribution in [0.1, 0.15) is 46.7 Å². The molecule has 0 fully saturated rings. The lowest BCUT2D eigenvalue weighted by Crippen LogP contribution is -2.25. The van der Waals surface area contributed by atoms with Crippen molar-refractivity contribution in [2.75, 3.05) is 18.4 Å². The zero-order valence-corrected chi connectivity index (χ0v) is 13.6. The highest BCUT2D eigenvalue weighted by Gasteiger charge is 2.17. The predicted molar refractivity (Wildman–Crippen MR) is 85.7 cm³/mol. The maximum Gasteiger partial charge on any atom is 0.144 e. The van der Waals surface area contributed by atoms with Crippen LogP contribution in [0.4, 0.5) is 5.82 Å². The average molecular weight is 278 g/mol. The topological polar surface area (TPSA) is 49.8 Å². The Morgan fingerprint density at radius 1 is 1.05 bits per heavy atom. The van der Waals surface area contributed by atoms with Crippen molar-refractivity contribution in [2.45, 2.75) is 47.6 Å². The van der Waals surface area contributed by atoms with Crippen LogP contribution >= 0.6 is 0 Å². The normalized spacial score (nSPS) is 11.6. The molecule has 0 aliphatic heterocycles. The molecule has 0 aromatic carbocycles. The molecule has 0 saturated carbocycles. The van der Waals surface area contributed by atoms with Gasteiger partial charge in [0.1, 0.15) is 5.82 Å². The first-order valence-corrected chi connectivity index (χ1v) is 7.80. The van der Waals surface area contributed by atoms with Gasteiger partial charge in [-0.05, 0) is 30.7 Å². The van der Waals surface area contributed by atoms with Crippen LogP contribution in [0.3, 0.4) is 0 Å². The molecule has 1 aromatic heterocycles. The summed E-state index contributed by atoms with van der Waals surface area (Å²) in [5.74, 6) is 2.87. The second-order valence-electron chi connectivity index (χ2n) is 6.10. The first kappa shape index (κ1) is 16.9. The molecule has 1 heterocycles. The number of aromatic nitrogens is 2. The molecular formula is C16H30N4. The first-order valence-electron chi connectivity index (χ1n) is 7.80. The van der Waals surface area contributed by atoms with Crippen LogP contribution in [0.25, 0.3) is 0 Å². The monoisotopic (exact) mass is 278 g/mol. The van der Waals surface area contributed by atoms with Gasteiger partial charge in [0.05, 0.1) is 18.1 Å². The van der Waals surface area contributed by atoms with Gasteiger partial charge in [0.15, 0.2) is 0 Å². The average Bonchev–Trinajstić information content (AvgIpc) is 2.40. The maximum absolute atomic E-state index is 4.43. The van der Waals surface area contributed by atoms with Crippen molar-refractivity contribution in [3.8, 4) is 0 Å². The Morgan fingerprint density at radius 3 is 2.25 bits per heavy atom. The zero-order chi connectivity index (χ0) is 15.0. The summed E-state index contributed by atoms with van der Waals surface area (Å²) in [5.41, 5.74) is 0.994. The third-order valence-electron chi connectivity index (χ3n) is 3.67. The molecular weight excluding hydrogens is 248 g/mol. The lowest BCUT2D eigenvalue weighted by Gasteiger charge is -2.25. The fraction of sp³-hybridized carbons (Fsp3) is 0.750. The van der Waals surface area contributed by atoms with Gasteiger partial charge in [-0.15, -0.1) is 0 Å². The first-order chi connectivity index (χ1) is 9.54. The standard InChI is InChI=1S/C16H30N4/c1-6-7-17-8-14-9-19-16(11-18-14)20-10-15(12(2)3)13(4)5/h9,11-13,15,17H,6-8,10H2,1-5H3,(H,19,20). The number of anilines is 1. The minimum atomic E-state index is 0.655. The minimum Gasteiger partial charge on any atom is -0.368 e. The number of hydrogen-bond acceptors (Lipinski definition) is 4. The minimum absolute atomic E-state index is 0.655. The van der Waals surface area contributed by atoms with Crippen molar-refractivity contribution in [3.05, 3.63) is 18.1 Å². The molecule has 0 bridgehead atoms. The molecule has 4 heteroatoms. The van der Waals surface area contributed by atoms with Crippen LogP contribution in [0.15, 0.2) is 12.4 Å². The van der Waals surface area contributed by atoms with Gasteiger partial charge in [-0.3, -0.25) is 4.98 Å². The molecule has 114 valence electrons. The van der Waals surface area contributed by atoms with E-state index in [-0.39, 0.29) is 0 Å². The van der Waals surface area contributed by atoms with E-state index in [1.54, 1.807) is 0 Å². The van der Waals surface area contributed by atoms with E-state index in [1.807, 2.05) is 12.4 Å². The van der Waals surface area contributed by atoms with Crippen LogP contribution in [0.5, 0.6) is 0 Å². The lowest BCUT2D eigenvalue weighted by atomic mass is 9.85. The Kier molecular flexibility index (Phi) is 7.52. The van der Waals surface area contributed by atoms with E-state index in [2.05, 4.69) is 55.2 Å². The third kappa shape index (κ3) is 5.87. The lowest BCUT2D eigenvalue weighted by molar-refractivity contribution is 0.304. The summed E-state index contributed by atoms with van der Waals surface area (Å²) in [5, 5.41) is 6.74. The van der Waals surface area contributed by atoms with E-state index in [1.165, 1.54) is 0 Å². The summed E-state index contributed by atoms with van der Waals surface area (Å²) in [6, 6.07) is 0. The van der Waals surface area contributed by atoms with Gasteiger partial charge in [-0.25, -0.2) is 4.98 Å². The second-order valence-corrected chi connectivity index (χ2v) is 6.10. The van der Waals surface area contributed by atoms with Gasteiger partial charge in [0.25, 0.3) is 0 Å². The number of rotatable bonds is 9. The predicted octanol–water partition coefficient (Wildman–Crippen LogP) is 3.32. The van der Waals surface area contributed by atoms with Crippen molar-refractivity contribution in [1.82, 2.24) is 15.3 Å². The Morgan fingerprint density at radius 2 is 1.75 bits per heavy atom. The second kappa shape index (κ2) is 8.90. The van der Waals surface area contributed by atoms with Gasteiger partial charge in [-0.1, -0.05) is 34.6 Å². The quantitative estimate of drug-likeness (QED) is 0.680. The van der Waals surface area contributed by atoms with Gasteiger partial charge < -0.3 is 10.6 Å². The molecule has 0 radical (unpaired) electrons. The van der Waals surface area contributed by atoms with Crippen LogP contribution < -0.4 is 10.6 Å². The Hall–Kier alpha value is -1.16. The van der Waals surface area contributed by atoms with Crippen molar-refractivity contribution in [3.63, 3.8) is 0 Å². The number of hydrogen-bond donors (Lipinski definition) is 2. The summed E-state index contributed by atoms with van der Waals surface area (Å²) in [4.78, 5) is 8.87. The fourth-order valence-electron chi connectivity index (χ4n) is 2.39. The van der Waals surface area contributed by atoms with Gasteiger partial charge in [0.2, 0.25) is 0 Å². The van der Waals surface area contributed by atoms with E-state index in [0.717, 1.165) is 37.6 Å². The molecule has 0 amide bonds. The molecule has 1 rings (SSSR count). The third-order valence-corrected chi connectivity index (χ3v) is 3.67. The van der Waals surface area contributed by atoms with Crippen molar-refractivity contribution in [2.24, 2.45) is 17.8 Å². The molecule has 0 unspecified atom stereocenters. The molecule has 0 aliphatic rings. The van der Waals surface area contributed by atoms with Crippen LogP contribution in [-0.2, 0) is 6.54 Å². The largest absolute Gasteiger partial charge is 0.368 e. The highest BCUT2D eigenvalue weighted by atomic mass is 15.0. The summed E-state index contributed by atoms with van der Waals surface area (Å²) >= 11 is 0. The number of nitrogens with zero attached hydrogens (tertiary/aromatic N) is 2. The van der Waals surface area contributed by atoms with Crippen molar-refractivity contribution < 1.29 is 0 Å². The molecule has 2 N–H and O–H groups in total. The highest BCUT2D eigenvalue weighted by Crippen LogP contribution is 2.20. The number of nitrogens with one attached hydrogen (secondary N) is 2. The Labute approximate surface area is 123 Å². The molecule has 0 saturated heterocycles. The SMILES string of the molecule is CCCNCc1cnc(NCC(C(C)C)C(C)C)cn1. The van der Waals surface area contributed by atoms with E-state index < -0.39 is 0 Å².